The lowest BCUT2D eigenvalue weighted by atomic mass is 10.00. The van der Waals surface area contributed by atoms with Crippen LogP contribution < -0.4 is 21.7 Å². The molecule has 5 unspecified atom stereocenters. The Labute approximate surface area is 254 Å². The molecule has 0 aliphatic carbocycles. The Balaban J connectivity index is 1.65. The lowest BCUT2D eigenvalue weighted by molar-refractivity contribution is -0.142. The summed E-state index contributed by atoms with van der Waals surface area (Å²) in [5, 5.41) is 29.3. The number of nitrogens with two attached hydrogens (primary N) is 1. The van der Waals surface area contributed by atoms with Gasteiger partial charge in [-0.1, -0.05) is 50.2 Å². The Hall–Kier alpha value is -4.68. The first-order valence-electron chi connectivity index (χ1n) is 14.6. The van der Waals surface area contributed by atoms with Gasteiger partial charge in [0.2, 0.25) is 17.7 Å². The monoisotopic (exact) mass is 604 g/mol. The summed E-state index contributed by atoms with van der Waals surface area (Å²) in [6.07, 6.45) is 2.63. The predicted molar refractivity (Wildman–Crippen MR) is 167 cm³/mol. The molecule has 0 saturated carbocycles. The third-order valence-electron chi connectivity index (χ3n) is 7.61. The minimum Gasteiger partial charge on any atom is -0.480 e. The molecule has 0 saturated heterocycles. The van der Waals surface area contributed by atoms with Crippen LogP contribution in [0.4, 0.5) is 0 Å². The molecular weight excluding hydrogens is 564 g/mol. The topological polar surface area (TPSA) is 202 Å². The minimum atomic E-state index is -1.29. The third-order valence-corrected chi connectivity index (χ3v) is 7.61. The second-order valence-corrected chi connectivity index (χ2v) is 11.5. The van der Waals surface area contributed by atoms with Gasteiger partial charge in [0.05, 0.1) is 6.10 Å². The molecule has 2 heterocycles. The Morgan fingerprint density at radius 2 is 1.16 bits per heavy atom. The standard InChI is InChI=1S/C32H40N6O6/c1-17(2)12-27(32(43)44)38-30(41)25(13-19-15-34-23-10-6-4-8-21(19)23)36-29(40)26(37-31(42)28(33)18(3)39)14-20-16-35-24-11-7-5-9-22(20)24/h4-11,15-18,25-28,34-35,39H,12-14,33H2,1-3H3,(H,36,40)(H,37,42)(H,38,41)(H,43,44). The van der Waals surface area contributed by atoms with Crippen molar-refractivity contribution in [1.82, 2.24) is 25.9 Å². The second kappa shape index (κ2) is 14.2. The van der Waals surface area contributed by atoms with E-state index in [-0.39, 0.29) is 25.2 Å². The van der Waals surface area contributed by atoms with Crippen LogP contribution in [-0.2, 0) is 32.0 Å². The van der Waals surface area contributed by atoms with Crippen LogP contribution >= 0.6 is 0 Å². The van der Waals surface area contributed by atoms with Gasteiger partial charge >= 0.3 is 5.97 Å². The highest BCUT2D eigenvalue weighted by Gasteiger charge is 2.32. The Bertz CT molecular complexity index is 1630. The summed E-state index contributed by atoms with van der Waals surface area (Å²) in [5.41, 5.74) is 9.03. The Kier molecular flexibility index (Phi) is 10.4. The number of hydrogen-bond acceptors (Lipinski definition) is 6. The average molecular weight is 605 g/mol. The van der Waals surface area contributed by atoms with Gasteiger partial charge in [-0.3, -0.25) is 14.4 Å². The zero-order valence-electron chi connectivity index (χ0n) is 25.0. The quantitative estimate of drug-likeness (QED) is 0.107. The van der Waals surface area contributed by atoms with E-state index in [9.17, 15) is 29.4 Å². The van der Waals surface area contributed by atoms with Crippen LogP contribution in [0.2, 0.25) is 0 Å². The summed E-state index contributed by atoms with van der Waals surface area (Å²) >= 11 is 0. The Morgan fingerprint density at radius 3 is 1.59 bits per heavy atom. The summed E-state index contributed by atoms with van der Waals surface area (Å²) in [5.74, 6) is -3.26. The van der Waals surface area contributed by atoms with E-state index in [0.29, 0.717) is 0 Å². The number of aliphatic hydroxyl groups is 1. The van der Waals surface area contributed by atoms with E-state index < -0.39 is 54.0 Å². The van der Waals surface area contributed by atoms with Crippen LogP contribution in [0.3, 0.4) is 0 Å². The number of nitrogens with one attached hydrogen (secondary N) is 5. The number of para-hydroxylation sites is 2. The molecule has 0 radical (unpaired) electrons. The summed E-state index contributed by atoms with van der Waals surface area (Å²) < 4.78 is 0. The average Bonchev–Trinajstić information content (AvgIpc) is 3.59. The minimum absolute atomic E-state index is 0.00745. The number of benzene rings is 2. The van der Waals surface area contributed by atoms with E-state index >= 15 is 0 Å². The molecule has 12 heteroatoms. The number of carboxylic acids is 1. The molecule has 4 rings (SSSR count). The van der Waals surface area contributed by atoms with E-state index in [1.807, 2.05) is 62.4 Å². The molecule has 44 heavy (non-hydrogen) atoms. The van der Waals surface area contributed by atoms with Crippen molar-refractivity contribution in [2.75, 3.05) is 0 Å². The maximum Gasteiger partial charge on any atom is 0.326 e. The number of fused-ring (bicyclic) bond motifs is 2. The second-order valence-electron chi connectivity index (χ2n) is 11.5. The first kappa shape index (κ1) is 32.2. The number of hydrogen-bond donors (Lipinski definition) is 8. The number of amides is 3. The van der Waals surface area contributed by atoms with Gasteiger partial charge in [-0.25, -0.2) is 4.79 Å². The third kappa shape index (κ3) is 7.82. The van der Waals surface area contributed by atoms with Gasteiger partial charge < -0.3 is 41.9 Å². The van der Waals surface area contributed by atoms with Crippen molar-refractivity contribution < 1.29 is 29.4 Å². The largest absolute Gasteiger partial charge is 0.480 e. The molecule has 9 N–H and O–H groups in total. The fourth-order valence-electron chi connectivity index (χ4n) is 5.18. The maximum absolute atomic E-state index is 13.9. The van der Waals surface area contributed by atoms with Crippen molar-refractivity contribution in [1.29, 1.82) is 0 Å². The van der Waals surface area contributed by atoms with Gasteiger partial charge in [0.15, 0.2) is 0 Å². The molecule has 5 atom stereocenters. The van der Waals surface area contributed by atoms with Gasteiger partial charge in [0.25, 0.3) is 0 Å². The van der Waals surface area contributed by atoms with E-state index in [2.05, 4.69) is 25.9 Å². The first-order chi connectivity index (χ1) is 20.9. The maximum atomic E-state index is 13.9. The number of carboxylic acid groups (broad SMARTS) is 1. The van der Waals surface area contributed by atoms with Crippen LogP contribution in [0, 0.1) is 5.92 Å². The number of aliphatic hydroxyl groups excluding tert-OH is 1. The van der Waals surface area contributed by atoms with Crippen molar-refractivity contribution in [3.63, 3.8) is 0 Å². The molecule has 0 aliphatic heterocycles. The molecule has 0 bridgehead atoms. The molecule has 2 aromatic heterocycles. The van der Waals surface area contributed by atoms with Gasteiger partial charge in [-0.05, 0) is 42.5 Å². The lowest BCUT2D eigenvalue weighted by Crippen LogP contribution is -2.59. The van der Waals surface area contributed by atoms with Crippen LogP contribution in [0.25, 0.3) is 21.8 Å². The van der Waals surface area contributed by atoms with Crippen LogP contribution in [0.5, 0.6) is 0 Å². The summed E-state index contributed by atoms with van der Waals surface area (Å²) in [6.45, 7) is 5.07. The predicted octanol–water partition coefficient (Wildman–Crippen LogP) is 1.73. The SMILES string of the molecule is CC(C)CC(NC(=O)C(Cc1c[nH]c2ccccc12)NC(=O)C(Cc1c[nH]c2ccccc12)NC(=O)C(N)C(C)O)C(=O)O. The number of H-pyrrole nitrogens is 2. The van der Waals surface area contributed by atoms with Gasteiger partial charge in [0, 0.05) is 47.0 Å². The normalized spacial score (nSPS) is 15.0. The van der Waals surface area contributed by atoms with Crippen LogP contribution in [0.1, 0.15) is 38.3 Å². The van der Waals surface area contributed by atoms with Crippen molar-refractivity contribution in [2.45, 2.75) is 70.3 Å². The molecule has 0 spiro atoms. The Morgan fingerprint density at radius 1 is 0.727 bits per heavy atom. The number of aromatic nitrogens is 2. The zero-order chi connectivity index (χ0) is 32.0. The van der Waals surface area contributed by atoms with Crippen molar-refractivity contribution in [2.24, 2.45) is 11.7 Å². The molecule has 0 aliphatic rings. The summed E-state index contributed by atoms with van der Waals surface area (Å²) in [4.78, 5) is 58.7. The molecule has 234 valence electrons. The van der Waals surface area contributed by atoms with Crippen molar-refractivity contribution in [3.8, 4) is 0 Å². The molecule has 2 aromatic carbocycles. The molecule has 3 amide bonds. The van der Waals surface area contributed by atoms with Crippen LogP contribution in [0.15, 0.2) is 60.9 Å². The van der Waals surface area contributed by atoms with E-state index in [4.69, 9.17) is 5.73 Å². The van der Waals surface area contributed by atoms with E-state index in [1.54, 1.807) is 12.4 Å². The fraction of sp³-hybridized carbons (Fsp3) is 0.375. The molecular formula is C32H40N6O6. The van der Waals surface area contributed by atoms with Crippen LogP contribution in [-0.4, -0.2) is 74.1 Å². The van der Waals surface area contributed by atoms with Gasteiger partial charge in [-0.15, -0.1) is 0 Å². The van der Waals surface area contributed by atoms with Crippen molar-refractivity contribution >= 4 is 45.5 Å². The number of rotatable bonds is 14. The molecule has 0 fully saturated rings. The smallest absolute Gasteiger partial charge is 0.326 e. The van der Waals surface area contributed by atoms with Gasteiger partial charge in [0.1, 0.15) is 24.2 Å². The van der Waals surface area contributed by atoms with Gasteiger partial charge in [-0.2, -0.15) is 0 Å². The highest BCUT2D eigenvalue weighted by atomic mass is 16.4. The highest BCUT2D eigenvalue weighted by molar-refractivity contribution is 5.95. The number of carbonyl (C=O) groups excluding carboxylic acids is 3. The first-order valence-corrected chi connectivity index (χ1v) is 14.6. The van der Waals surface area contributed by atoms with Crippen molar-refractivity contribution in [3.05, 3.63) is 72.1 Å². The zero-order valence-corrected chi connectivity index (χ0v) is 25.0. The summed E-state index contributed by atoms with van der Waals surface area (Å²) in [6, 6.07) is 10.2. The molecule has 4 aromatic rings. The van der Waals surface area contributed by atoms with E-state index in [1.165, 1.54) is 6.92 Å². The summed E-state index contributed by atoms with van der Waals surface area (Å²) in [7, 11) is 0. The lowest BCUT2D eigenvalue weighted by Gasteiger charge is -2.26. The number of aromatic amines is 2. The number of carbonyl (C=O) groups is 4. The highest BCUT2D eigenvalue weighted by Crippen LogP contribution is 2.21. The molecule has 12 nitrogen and oxygen atoms in total. The van der Waals surface area contributed by atoms with E-state index in [0.717, 1.165) is 32.9 Å². The fourth-order valence-corrected chi connectivity index (χ4v) is 5.18. The number of aliphatic carboxylic acids is 1.